The number of urea groups is 1. The maximum atomic E-state index is 11.9. The molecule has 0 radical (unpaired) electrons. The van der Waals surface area contributed by atoms with Gasteiger partial charge in [-0.25, -0.2) is 4.79 Å². The van der Waals surface area contributed by atoms with Crippen molar-refractivity contribution in [2.24, 2.45) is 0 Å². The van der Waals surface area contributed by atoms with Crippen molar-refractivity contribution in [3.63, 3.8) is 0 Å². The van der Waals surface area contributed by atoms with Gasteiger partial charge in [0.15, 0.2) is 11.5 Å². The minimum Gasteiger partial charge on any atom is -0.493 e. The van der Waals surface area contributed by atoms with E-state index in [2.05, 4.69) is 10.6 Å². The molecule has 0 bridgehead atoms. The molecule has 2 aromatic rings. The van der Waals surface area contributed by atoms with E-state index in [0.717, 1.165) is 5.56 Å². The summed E-state index contributed by atoms with van der Waals surface area (Å²) in [4.78, 5) is 11.9. The Morgan fingerprint density at radius 2 is 1.83 bits per heavy atom. The fraction of sp³-hybridized carbons (Fsp3) is 0.278. The average Bonchev–Trinajstić information content (AvgIpc) is 2.55. The Kier molecular flexibility index (Phi) is 6.32. The van der Waals surface area contributed by atoms with Crippen LogP contribution in [0, 0.1) is 0 Å². The molecule has 0 spiro atoms. The monoisotopic (exact) mass is 348 g/mol. The number of hydrogen-bond acceptors (Lipinski definition) is 3. The Balaban J connectivity index is 1.93. The molecule has 0 fully saturated rings. The zero-order valence-corrected chi connectivity index (χ0v) is 14.7. The Bertz CT molecular complexity index is 687. The molecular weight excluding hydrogens is 328 g/mol. The van der Waals surface area contributed by atoms with Gasteiger partial charge in [0.05, 0.1) is 13.2 Å². The van der Waals surface area contributed by atoms with Gasteiger partial charge >= 0.3 is 6.03 Å². The van der Waals surface area contributed by atoms with E-state index in [1.165, 1.54) is 0 Å². The predicted molar refractivity (Wildman–Crippen MR) is 96.1 cm³/mol. The first-order valence-corrected chi connectivity index (χ1v) is 7.99. The second-order valence-electron chi connectivity index (χ2n) is 5.47. The first-order chi connectivity index (χ1) is 11.5. The number of carbonyl (C=O) groups is 1. The van der Waals surface area contributed by atoms with Gasteiger partial charge in [0, 0.05) is 17.3 Å². The zero-order chi connectivity index (χ0) is 17.5. The molecule has 2 rings (SSSR count). The zero-order valence-electron chi connectivity index (χ0n) is 13.9. The van der Waals surface area contributed by atoms with Crippen LogP contribution in [0.25, 0.3) is 0 Å². The molecule has 0 atom stereocenters. The van der Waals surface area contributed by atoms with Crippen molar-refractivity contribution in [1.29, 1.82) is 0 Å². The van der Waals surface area contributed by atoms with E-state index in [4.69, 9.17) is 21.1 Å². The van der Waals surface area contributed by atoms with E-state index in [1.807, 2.05) is 32.0 Å². The number of methoxy groups -OCH3 is 1. The minimum absolute atomic E-state index is 0.0630. The van der Waals surface area contributed by atoms with Crippen LogP contribution >= 0.6 is 11.6 Å². The summed E-state index contributed by atoms with van der Waals surface area (Å²) in [5.74, 6) is 1.32. The highest BCUT2D eigenvalue weighted by molar-refractivity contribution is 6.30. The van der Waals surface area contributed by atoms with Gasteiger partial charge in [0.25, 0.3) is 0 Å². The van der Waals surface area contributed by atoms with E-state index in [9.17, 15) is 4.79 Å². The van der Waals surface area contributed by atoms with Crippen LogP contribution in [-0.2, 0) is 6.54 Å². The molecule has 0 aliphatic heterocycles. The minimum atomic E-state index is -0.293. The standard InChI is InChI=1S/C18H21ClN2O3/c1-12(2)24-16-9-4-13(10-17(16)23-3)11-20-18(22)21-15-7-5-14(19)6-8-15/h4-10,12H,11H2,1-3H3,(H2,20,21,22). The van der Waals surface area contributed by atoms with Crippen LogP contribution in [0.2, 0.25) is 5.02 Å². The molecule has 0 unspecified atom stereocenters. The first kappa shape index (κ1) is 17.9. The molecule has 0 aliphatic carbocycles. The van der Waals surface area contributed by atoms with E-state index in [-0.39, 0.29) is 12.1 Å². The van der Waals surface area contributed by atoms with E-state index in [1.54, 1.807) is 31.4 Å². The summed E-state index contributed by atoms with van der Waals surface area (Å²) < 4.78 is 11.0. The highest BCUT2D eigenvalue weighted by Crippen LogP contribution is 2.28. The molecular formula is C18H21ClN2O3. The fourth-order valence-corrected chi connectivity index (χ4v) is 2.19. The lowest BCUT2D eigenvalue weighted by molar-refractivity contribution is 0.230. The molecule has 6 heteroatoms. The third-order valence-corrected chi connectivity index (χ3v) is 3.40. The fourth-order valence-electron chi connectivity index (χ4n) is 2.06. The van der Waals surface area contributed by atoms with Gasteiger partial charge in [-0.1, -0.05) is 17.7 Å². The number of carbonyl (C=O) groups excluding carboxylic acids is 1. The maximum absolute atomic E-state index is 11.9. The lowest BCUT2D eigenvalue weighted by atomic mass is 10.2. The van der Waals surface area contributed by atoms with Crippen LogP contribution in [-0.4, -0.2) is 19.2 Å². The molecule has 128 valence electrons. The topological polar surface area (TPSA) is 59.6 Å². The third kappa shape index (κ3) is 5.35. The average molecular weight is 349 g/mol. The normalized spacial score (nSPS) is 10.4. The summed E-state index contributed by atoms with van der Waals surface area (Å²) >= 11 is 5.81. The van der Waals surface area contributed by atoms with Gasteiger partial charge in [-0.05, 0) is 55.8 Å². The predicted octanol–water partition coefficient (Wildman–Crippen LogP) is 4.46. The SMILES string of the molecule is COc1cc(CNC(=O)Nc2ccc(Cl)cc2)ccc1OC(C)C. The number of nitrogens with one attached hydrogen (secondary N) is 2. The van der Waals surface area contributed by atoms with Crippen molar-refractivity contribution in [3.05, 3.63) is 53.1 Å². The van der Waals surface area contributed by atoms with Crippen LogP contribution < -0.4 is 20.1 Å². The van der Waals surface area contributed by atoms with Crippen molar-refractivity contribution < 1.29 is 14.3 Å². The summed E-state index contributed by atoms with van der Waals surface area (Å²) in [5.41, 5.74) is 1.59. The Morgan fingerprint density at radius 3 is 2.46 bits per heavy atom. The molecule has 2 amide bonds. The number of hydrogen-bond donors (Lipinski definition) is 2. The van der Waals surface area contributed by atoms with Crippen LogP contribution in [0.4, 0.5) is 10.5 Å². The Hall–Kier alpha value is -2.40. The summed E-state index contributed by atoms with van der Waals surface area (Å²) in [7, 11) is 1.59. The first-order valence-electron chi connectivity index (χ1n) is 7.62. The van der Waals surface area contributed by atoms with Crippen molar-refractivity contribution in [1.82, 2.24) is 5.32 Å². The number of rotatable bonds is 6. The second-order valence-corrected chi connectivity index (χ2v) is 5.90. The Morgan fingerprint density at radius 1 is 1.12 bits per heavy atom. The molecule has 5 nitrogen and oxygen atoms in total. The van der Waals surface area contributed by atoms with Crippen molar-refractivity contribution in [3.8, 4) is 11.5 Å². The molecule has 24 heavy (non-hydrogen) atoms. The number of ether oxygens (including phenoxy) is 2. The smallest absolute Gasteiger partial charge is 0.319 e. The van der Waals surface area contributed by atoms with Crippen LogP contribution in [0.1, 0.15) is 19.4 Å². The van der Waals surface area contributed by atoms with Crippen LogP contribution in [0.5, 0.6) is 11.5 Å². The number of amides is 2. The van der Waals surface area contributed by atoms with Gasteiger partial charge in [-0.2, -0.15) is 0 Å². The molecule has 2 aromatic carbocycles. The van der Waals surface area contributed by atoms with Gasteiger partial charge in [-0.3, -0.25) is 0 Å². The third-order valence-electron chi connectivity index (χ3n) is 3.15. The molecule has 2 N–H and O–H groups in total. The molecule has 0 aromatic heterocycles. The molecule has 0 aliphatic rings. The molecule has 0 heterocycles. The van der Waals surface area contributed by atoms with E-state index < -0.39 is 0 Å². The van der Waals surface area contributed by atoms with Crippen molar-refractivity contribution >= 4 is 23.3 Å². The lowest BCUT2D eigenvalue weighted by Crippen LogP contribution is -2.28. The highest BCUT2D eigenvalue weighted by Gasteiger charge is 2.08. The number of benzene rings is 2. The summed E-state index contributed by atoms with van der Waals surface area (Å²) in [6.45, 7) is 4.28. The highest BCUT2D eigenvalue weighted by atomic mass is 35.5. The quantitative estimate of drug-likeness (QED) is 0.810. The van der Waals surface area contributed by atoms with Crippen molar-refractivity contribution in [2.45, 2.75) is 26.5 Å². The van der Waals surface area contributed by atoms with Gasteiger partial charge < -0.3 is 20.1 Å². The molecule has 0 saturated heterocycles. The van der Waals surface area contributed by atoms with E-state index >= 15 is 0 Å². The van der Waals surface area contributed by atoms with Crippen LogP contribution in [0.3, 0.4) is 0 Å². The summed E-state index contributed by atoms with van der Waals surface area (Å²) in [6.07, 6.45) is 0.0630. The molecule has 0 saturated carbocycles. The number of anilines is 1. The van der Waals surface area contributed by atoms with Gasteiger partial charge in [-0.15, -0.1) is 0 Å². The van der Waals surface area contributed by atoms with E-state index in [0.29, 0.717) is 28.8 Å². The second kappa shape index (κ2) is 8.45. The Labute approximate surface area is 146 Å². The summed E-state index contributed by atoms with van der Waals surface area (Å²) in [5, 5.41) is 6.16. The largest absolute Gasteiger partial charge is 0.493 e. The van der Waals surface area contributed by atoms with Crippen LogP contribution in [0.15, 0.2) is 42.5 Å². The van der Waals surface area contributed by atoms with Crippen molar-refractivity contribution in [2.75, 3.05) is 12.4 Å². The lowest BCUT2D eigenvalue weighted by Gasteiger charge is -2.15. The van der Waals surface area contributed by atoms with Gasteiger partial charge in [0.1, 0.15) is 0 Å². The summed E-state index contributed by atoms with van der Waals surface area (Å²) in [6, 6.07) is 12.2. The maximum Gasteiger partial charge on any atom is 0.319 e. The number of halogens is 1. The van der Waals surface area contributed by atoms with Gasteiger partial charge in [0.2, 0.25) is 0 Å².